The molecule has 4 N–H and O–H groups in total. The molecule has 1 aliphatic rings. The van der Waals surface area contributed by atoms with E-state index in [-0.39, 0.29) is 17.6 Å². The molecule has 1 atom stereocenters. The number of nitrogens with two attached hydrogens (primary N) is 2. The number of hydrogen-bond acceptors (Lipinski definition) is 8. The van der Waals surface area contributed by atoms with Crippen LogP contribution in [0.2, 0.25) is 0 Å². The highest BCUT2D eigenvalue weighted by Crippen LogP contribution is 2.30. The van der Waals surface area contributed by atoms with Gasteiger partial charge in [-0.1, -0.05) is 13.8 Å². The number of hydrogen-bond donors (Lipinski definition) is 2. The molecule has 4 rings (SSSR count). The van der Waals surface area contributed by atoms with Gasteiger partial charge in [-0.25, -0.2) is 15.0 Å². The zero-order chi connectivity index (χ0) is 22.8. The first-order valence-electron chi connectivity index (χ1n) is 10.9. The number of aryl methyl sites for hydroxylation is 1. The van der Waals surface area contributed by atoms with Crippen molar-refractivity contribution in [2.45, 2.75) is 33.2 Å². The van der Waals surface area contributed by atoms with Crippen LogP contribution in [0.4, 0.5) is 11.6 Å². The first-order chi connectivity index (χ1) is 15.3. The van der Waals surface area contributed by atoms with Crippen molar-refractivity contribution in [3.8, 4) is 11.3 Å². The van der Waals surface area contributed by atoms with Crippen LogP contribution in [-0.4, -0.2) is 46.4 Å². The van der Waals surface area contributed by atoms with E-state index in [2.05, 4.69) is 23.7 Å². The largest absolute Gasteiger partial charge is 0.461 e. The Balaban J connectivity index is 1.74. The van der Waals surface area contributed by atoms with Crippen LogP contribution in [0.15, 0.2) is 47.0 Å². The summed E-state index contributed by atoms with van der Waals surface area (Å²) in [5, 5.41) is 1.92. The normalized spacial score (nSPS) is 17.2. The van der Waals surface area contributed by atoms with E-state index in [1.807, 2.05) is 36.2 Å². The molecule has 4 heterocycles. The van der Waals surface area contributed by atoms with Crippen molar-refractivity contribution in [3.63, 3.8) is 0 Å². The molecule has 0 bridgehead atoms. The molecule has 3 aromatic heterocycles. The third-order valence-corrected chi connectivity index (χ3v) is 5.78. The van der Waals surface area contributed by atoms with E-state index in [0.717, 1.165) is 37.6 Å². The molecule has 0 amide bonds. The Hall–Kier alpha value is -3.23. The third kappa shape index (κ3) is 4.51. The van der Waals surface area contributed by atoms with E-state index in [0.29, 0.717) is 28.5 Å². The first kappa shape index (κ1) is 22.0. The van der Waals surface area contributed by atoms with Crippen LogP contribution in [0.5, 0.6) is 0 Å². The number of aromatic nitrogens is 2. The fourth-order valence-electron chi connectivity index (χ4n) is 4.14. The summed E-state index contributed by atoms with van der Waals surface area (Å²) in [6, 6.07) is 11.1. The predicted molar refractivity (Wildman–Crippen MR) is 125 cm³/mol. The zero-order valence-corrected chi connectivity index (χ0v) is 18.8. The van der Waals surface area contributed by atoms with Gasteiger partial charge in [-0.2, -0.15) is 0 Å². The quantitative estimate of drug-likeness (QED) is 0.449. The second-order valence-electron chi connectivity index (χ2n) is 8.71. The molecule has 1 saturated heterocycles. The van der Waals surface area contributed by atoms with Gasteiger partial charge in [-0.05, 0) is 55.7 Å². The third-order valence-electron chi connectivity index (χ3n) is 5.78. The van der Waals surface area contributed by atoms with Crippen molar-refractivity contribution in [2.24, 2.45) is 11.8 Å². The summed E-state index contributed by atoms with van der Waals surface area (Å²) in [7, 11) is 0. The lowest BCUT2D eigenvalue weighted by molar-refractivity contribution is 0.103. The number of furan rings is 1. The van der Waals surface area contributed by atoms with Gasteiger partial charge in [0.15, 0.2) is 0 Å². The first-order valence-corrected chi connectivity index (χ1v) is 10.9. The van der Waals surface area contributed by atoms with E-state index >= 15 is 0 Å². The standard InChI is InChI=1S/C24H30N6O2/c1-15(2)13-17-14-29(11-12-30(17)26)21-9-7-18(20-8-6-16(3)32-20)22(28-21)23(31)19-5-4-10-27-24(19)25/h4-10,15,17H,11-14,26H2,1-3H3,(H2,25,27)/t17-/m0/s1. The molecule has 0 unspecified atom stereocenters. The van der Waals surface area contributed by atoms with Crippen molar-refractivity contribution >= 4 is 17.4 Å². The van der Waals surface area contributed by atoms with Gasteiger partial charge < -0.3 is 15.1 Å². The number of anilines is 2. The van der Waals surface area contributed by atoms with E-state index < -0.39 is 0 Å². The van der Waals surface area contributed by atoms with E-state index in [1.54, 1.807) is 18.3 Å². The van der Waals surface area contributed by atoms with Crippen LogP contribution in [0.3, 0.4) is 0 Å². The molecule has 8 heteroatoms. The van der Waals surface area contributed by atoms with Crippen LogP contribution in [0.1, 0.15) is 42.1 Å². The van der Waals surface area contributed by atoms with Gasteiger partial charge in [-0.15, -0.1) is 0 Å². The van der Waals surface area contributed by atoms with Gasteiger partial charge >= 0.3 is 0 Å². The number of carbonyl (C=O) groups excluding carboxylic acids is 1. The summed E-state index contributed by atoms with van der Waals surface area (Å²) in [6.45, 7) is 8.48. The van der Waals surface area contributed by atoms with Crippen LogP contribution in [0, 0.1) is 12.8 Å². The second-order valence-corrected chi connectivity index (χ2v) is 8.71. The van der Waals surface area contributed by atoms with Gasteiger partial charge in [0.2, 0.25) is 5.78 Å². The summed E-state index contributed by atoms with van der Waals surface area (Å²) in [6.07, 6.45) is 2.56. The van der Waals surface area contributed by atoms with Gasteiger partial charge in [0.25, 0.3) is 0 Å². The molecular weight excluding hydrogens is 404 g/mol. The highest BCUT2D eigenvalue weighted by Gasteiger charge is 2.28. The molecule has 0 aliphatic carbocycles. The van der Waals surface area contributed by atoms with E-state index in [9.17, 15) is 4.79 Å². The lowest BCUT2D eigenvalue weighted by Gasteiger charge is -2.40. The summed E-state index contributed by atoms with van der Waals surface area (Å²) >= 11 is 0. The molecule has 8 nitrogen and oxygen atoms in total. The van der Waals surface area contributed by atoms with Crippen molar-refractivity contribution in [1.29, 1.82) is 0 Å². The minimum Gasteiger partial charge on any atom is -0.461 e. The number of pyridine rings is 2. The maximum Gasteiger partial charge on any atom is 0.215 e. The van der Waals surface area contributed by atoms with Crippen molar-refractivity contribution in [3.05, 3.63) is 59.6 Å². The molecule has 0 aromatic carbocycles. The minimum atomic E-state index is -0.280. The number of nitrogen functional groups attached to an aromatic ring is 1. The van der Waals surface area contributed by atoms with E-state index in [4.69, 9.17) is 21.0 Å². The Kier molecular flexibility index (Phi) is 6.25. The van der Waals surface area contributed by atoms with Crippen LogP contribution >= 0.6 is 0 Å². The fourth-order valence-corrected chi connectivity index (χ4v) is 4.14. The lowest BCUT2D eigenvalue weighted by Crippen LogP contribution is -2.56. The number of rotatable bonds is 6. The average molecular weight is 435 g/mol. The van der Waals surface area contributed by atoms with Crippen molar-refractivity contribution in [1.82, 2.24) is 15.0 Å². The van der Waals surface area contributed by atoms with E-state index in [1.165, 1.54) is 0 Å². The van der Waals surface area contributed by atoms with Crippen molar-refractivity contribution < 1.29 is 9.21 Å². The van der Waals surface area contributed by atoms with Gasteiger partial charge in [0.1, 0.15) is 28.9 Å². The Morgan fingerprint density at radius 2 is 2.03 bits per heavy atom. The SMILES string of the molecule is Cc1ccc(-c2ccc(N3CCN(N)[C@@H](CC(C)C)C3)nc2C(=O)c2cccnc2N)o1. The monoisotopic (exact) mass is 434 g/mol. The molecule has 168 valence electrons. The van der Waals surface area contributed by atoms with Crippen LogP contribution in [-0.2, 0) is 0 Å². The molecule has 3 aromatic rings. The summed E-state index contributed by atoms with van der Waals surface area (Å²) in [4.78, 5) is 24.6. The Morgan fingerprint density at radius 3 is 2.72 bits per heavy atom. The summed E-state index contributed by atoms with van der Waals surface area (Å²) < 4.78 is 5.81. The Morgan fingerprint density at radius 1 is 1.22 bits per heavy atom. The maximum absolute atomic E-state index is 13.5. The number of nitrogens with zero attached hydrogens (tertiary/aromatic N) is 4. The summed E-state index contributed by atoms with van der Waals surface area (Å²) in [5.41, 5.74) is 7.25. The van der Waals surface area contributed by atoms with Gasteiger partial charge in [0.05, 0.1) is 5.56 Å². The average Bonchev–Trinajstić information content (AvgIpc) is 3.20. The second kappa shape index (κ2) is 9.10. The van der Waals surface area contributed by atoms with Crippen molar-refractivity contribution in [2.75, 3.05) is 30.3 Å². The smallest absolute Gasteiger partial charge is 0.215 e. The molecule has 1 aliphatic heterocycles. The molecule has 32 heavy (non-hydrogen) atoms. The molecule has 0 spiro atoms. The van der Waals surface area contributed by atoms with Gasteiger partial charge in [0, 0.05) is 37.4 Å². The Bertz CT molecular complexity index is 1110. The molecule has 1 fully saturated rings. The molecular formula is C24H30N6O2. The lowest BCUT2D eigenvalue weighted by atomic mass is 10.0. The number of ketones is 1. The maximum atomic E-state index is 13.5. The highest BCUT2D eigenvalue weighted by atomic mass is 16.3. The fraction of sp³-hybridized carbons (Fsp3) is 0.375. The Labute approximate surface area is 188 Å². The van der Waals surface area contributed by atoms with Crippen LogP contribution in [0.25, 0.3) is 11.3 Å². The van der Waals surface area contributed by atoms with Gasteiger partial charge in [-0.3, -0.25) is 10.6 Å². The summed E-state index contributed by atoms with van der Waals surface area (Å²) in [5.74, 6) is 8.77. The predicted octanol–water partition coefficient (Wildman–Crippen LogP) is 3.27. The van der Waals surface area contributed by atoms with Crippen LogP contribution < -0.4 is 16.5 Å². The highest BCUT2D eigenvalue weighted by molar-refractivity contribution is 6.13. The number of hydrazine groups is 1. The zero-order valence-electron chi connectivity index (χ0n) is 18.8. The molecule has 0 saturated carbocycles. The number of piperazine rings is 1. The number of carbonyl (C=O) groups is 1. The molecule has 0 radical (unpaired) electrons. The topological polar surface area (TPSA) is 115 Å². The minimum absolute atomic E-state index is 0.181.